The van der Waals surface area contributed by atoms with E-state index in [1.54, 1.807) is 0 Å². The number of rotatable bonds is 2. The Hall–Kier alpha value is -1.17. The zero-order chi connectivity index (χ0) is 14.2. The van der Waals surface area contributed by atoms with Crippen molar-refractivity contribution in [2.24, 2.45) is 5.73 Å². The van der Waals surface area contributed by atoms with Crippen molar-refractivity contribution >= 4 is 17.3 Å². The second kappa shape index (κ2) is 5.31. The molecule has 0 spiro atoms. The lowest BCUT2D eigenvalue weighted by atomic mass is 9.99. The van der Waals surface area contributed by atoms with Gasteiger partial charge >= 0.3 is 0 Å². The summed E-state index contributed by atoms with van der Waals surface area (Å²) in [6.45, 7) is 2.29. The van der Waals surface area contributed by atoms with Crippen molar-refractivity contribution in [3.63, 3.8) is 0 Å². The number of nitrogens with zero attached hydrogens (tertiary/aromatic N) is 2. The number of thiocarbonyl (C=S) groups is 1. The van der Waals surface area contributed by atoms with Gasteiger partial charge in [-0.15, -0.1) is 0 Å². The molecular weight excluding hydrogens is 270 g/mol. The van der Waals surface area contributed by atoms with E-state index in [4.69, 9.17) is 22.7 Å². The van der Waals surface area contributed by atoms with E-state index in [1.807, 2.05) is 6.07 Å². The number of hydrogen-bond acceptors (Lipinski definition) is 3. The van der Waals surface area contributed by atoms with Gasteiger partial charge in [0.2, 0.25) is 0 Å². The van der Waals surface area contributed by atoms with Gasteiger partial charge in [-0.3, -0.25) is 0 Å². The highest BCUT2D eigenvalue weighted by atomic mass is 32.1. The maximum Gasteiger partial charge on any atom is 0.173 e. The first-order valence-electron chi connectivity index (χ1n) is 7.08. The minimum Gasteiger partial charge on any atom is -0.381 e. The van der Waals surface area contributed by atoms with E-state index < -0.39 is 0 Å². The van der Waals surface area contributed by atoms with E-state index in [0.717, 1.165) is 37.7 Å². The second-order valence-electron chi connectivity index (χ2n) is 5.65. The van der Waals surface area contributed by atoms with Crippen LogP contribution in [0.3, 0.4) is 0 Å². The highest BCUT2D eigenvalue weighted by molar-refractivity contribution is 7.80. The highest BCUT2D eigenvalue weighted by Crippen LogP contribution is 2.34. The Morgan fingerprint density at radius 3 is 2.55 bits per heavy atom. The first kappa shape index (κ1) is 13.8. The number of benzene rings is 1. The van der Waals surface area contributed by atoms with Gasteiger partial charge in [0.15, 0.2) is 5.11 Å². The quantitative estimate of drug-likeness (QED) is 0.841. The molecule has 4 nitrogen and oxygen atoms in total. The van der Waals surface area contributed by atoms with Gasteiger partial charge in [-0.1, -0.05) is 30.3 Å². The Bertz CT molecular complexity index is 487. The van der Waals surface area contributed by atoms with Crippen LogP contribution in [0, 0.1) is 0 Å². The molecule has 1 aromatic carbocycles. The molecule has 0 aromatic heterocycles. The van der Waals surface area contributed by atoms with Crippen LogP contribution in [-0.4, -0.2) is 47.4 Å². The van der Waals surface area contributed by atoms with Crippen molar-refractivity contribution in [1.29, 1.82) is 0 Å². The van der Waals surface area contributed by atoms with E-state index in [1.165, 1.54) is 5.56 Å². The van der Waals surface area contributed by atoms with Crippen molar-refractivity contribution in [1.82, 2.24) is 9.80 Å². The molecule has 2 saturated heterocycles. The van der Waals surface area contributed by atoms with Crippen molar-refractivity contribution in [2.45, 2.75) is 24.5 Å². The summed E-state index contributed by atoms with van der Waals surface area (Å²) in [6.07, 6.45) is 1.67. The lowest BCUT2D eigenvalue weighted by Gasteiger charge is -2.42. The topological polar surface area (TPSA) is 41.7 Å². The SMILES string of the molecule is CN1C(=S)N(C2(N)CCOCC2)CC1c1ccccc1. The van der Waals surface area contributed by atoms with Gasteiger partial charge < -0.3 is 20.3 Å². The molecule has 108 valence electrons. The molecule has 2 fully saturated rings. The maximum absolute atomic E-state index is 6.59. The molecule has 2 N–H and O–H groups in total. The molecule has 2 aliphatic rings. The number of ether oxygens (including phenoxy) is 1. The Kier molecular flexibility index (Phi) is 3.67. The monoisotopic (exact) mass is 291 g/mol. The van der Waals surface area contributed by atoms with Crippen molar-refractivity contribution in [3.8, 4) is 0 Å². The predicted molar refractivity (Wildman–Crippen MR) is 83.2 cm³/mol. The minimum atomic E-state index is -0.354. The first-order valence-corrected chi connectivity index (χ1v) is 7.49. The van der Waals surface area contributed by atoms with E-state index in [-0.39, 0.29) is 11.7 Å². The largest absolute Gasteiger partial charge is 0.381 e. The molecule has 0 saturated carbocycles. The fourth-order valence-corrected chi connectivity index (χ4v) is 3.45. The molecule has 2 heterocycles. The molecular formula is C15H21N3OS. The average Bonchev–Trinajstić information content (AvgIpc) is 2.78. The maximum atomic E-state index is 6.59. The van der Waals surface area contributed by atoms with Crippen molar-refractivity contribution < 1.29 is 4.74 Å². The normalized spacial score (nSPS) is 26.1. The van der Waals surface area contributed by atoms with Gasteiger partial charge in [0.25, 0.3) is 0 Å². The molecule has 0 bridgehead atoms. The van der Waals surface area contributed by atoms with Crippen LogP contribution in [0.2, 0.25) is 0 Å². The summed E-state index contributed by atoms with van der Waals surface area (Å²) in [4.78, 5) is 4.36. The van der Waals surface area contributed by atoms with Gasteiger partial charge in [-0.2, -0.15) is 0 Å². The fourth-order valence-electron chi connectivity index (χ4n) is 3.07. The summed E-state index contributed by atoms with van der Waals surface area (Å²) in [5, 5.41) is 0.850. The smallest absolute Gasteiger partial charge is 0.173 e. The van der Waals surface area contributed by atoms with E-state index in [2.05, 4.69) is 41.1 Å². The molecule has 0 amide bonds. The summed E-state index contributed by atoms with van der Waals surface area (Å²) < 4.78 is 5.43. The van der Waals surface area contributed by atoms with Crippen LogP contribution in [0.5, 0.6) is 0 Å². The van der Waals surface area contributed by atoms with Crippen LogP contribution < -0.4 is 5.73 Å². The Morgan fingerprint density at radius 1 is 1.25 bits per heavy atom. The molecule has 2 aliphatic heterocycles. The molecule has 0 aliphatic carbocycles. The summed E-state index contributed by atoms with van der Waals surface area (Å²) in [7, 11) is 2.06. The fraction of sp³-hybridized carbons (Fsp3) is 0.533. The van der Waals surface area contributed by atoms with Gasteiger partial charge in [0.05, 0.1) is 24.9 Å². The highest BCUT2D eigenvalue weighted by Gasteiger charge is 2.43. The summed E-state index contributed by atoms with van der Waals surface area (Å²) in [6, 6.07) is 10.8. The number of likely N-dealkylation sites (N-methyl/N-ethyl adjacent to an activating group) is 1. The molecule has 1 aromatic rings. The zero-order valence-electron chi connectivity index (χ0n) is 11.8. The van der Waals surface area contributed by atoms with Crippen molar-refractivity contribution in [2.75, 3.05) is 26.8 Å². The molecule has 1 atom stereocenters. The van der Waals surface area contributed by atoms with Crippen LogP contribution in [0.1, 0.15) is 24.4 Å². The molecule has 5 heteroatoms. The molecule has 1 unspecified atom stereocenters. The Balaban J connectivity index is 1.83. The lowest BCUT2D eigenvalue weighted by Crippen LogP contribution is -2.59. The summed E-state index contributed by atoms with van der Waals surface area (Å²) in [5.41, 5.74) is 7.52. The first-order chi connectivity index (χ1) is 9.62. The third-order valence-electron chi connectivity index (χ3n) is 4.44. The van der Waals surface area contributed by atoms with Crippen LogP contribution in [0.4, 0.5) is 0 Å². The summed E-state index contributed by atoms with van der Waals surface area (Å²) in [5.74, 6) is 0. The third-order valence-corrected chi connectivity index (χ3v) is 4.94. The van der Waals surface area contributed by atoms with Crippen LogP contribution in [0.15, 0.2) is 30.3 Å². The lowest BCUT2D eigenvalue weighted by molar-refractivity contribution is 0.00636. The van der Waals surface area contributed by atoms with E-state index in [0.29, 0.717) is 0 Å². The van der Waals surface area contributed by atoms with E-state index >= 15 is 0 Å². The van der Waals surface area contributed by atoms with Gasteiger partial charge in [-0.05, 0) is 17.8 Å². The zero-order valence-corrected chi connectivity index (χ0v) is 12.6. The summed E-state index contributed by atoms with van der Waals surface area (Å²) >= 11 is 5.62. The standard InChI is InChI=1S/C15H21N3OS/c1-17-13(12-5-3-2-4-6-12)11-18(14(17)20)15(16)7-9-19-10-8-15/h2-6,13H,7-11,16H2,1H3. The Labute approximate surface area is 125 Å². The third kappa shape index (κ3) is 2.30. The second-order valence-corrected chi connectivity index (χ2v) is 6.01. The van der Waals surface area contributed by atoms with Crippen LogP contribution >= 0.6 is 12.2 Å². The number of hydrogen-bond donors (Lipinski definition) is 1. The van der Waals surface area contributed by atoms with Gasteiger partial charge in [0.1, 0.15) is 0 Å². The molecule has 3 rings (SSSR count). The van der Waals surface area contributed by atoms with Crippen molar-refractivity contribution in [3.05, 3.63) is 35.9 Å². The average molecular weight is 291 g/mol. The van der Waals surface area contributed by atoms with Crippen LogP contribution in [-0.2, 0) is 4.74 Å². The number of nitrogens with two attached hydrogens (primary N) is 1. The minimum absolute atomic E-state index is 0.284. The van der Waals surface area contributed by atoms with Crippen LogP contribution in [0.25, 0.3) is 0 Å². The Morgan fingerprint density at radius 2 is 1.90 bits per heavy atom. The van der Waals surface area contributed by atoms with Gasteiger partial charge in [-0.25, -0.2) is 0 Å². The molecule has 0 radical (unpaired) electrons. The van der Waals surface area contributed by atoms with Gasteiger partial charge in [0, 0.05) is 26.4 Å². The van der Waals surface area contributed by atoms with E-state index in [9.17, 15) is 0 Å². The predicted octanol–water partition coefficient (Wildman–Crippen LogP) is 1.73. The molecule has 20 heavy (non-hydrogen) atoms.